The molecule has 6 nitrogen and oxygen atoms in total. The van der Waals surface area contributed by atoms with E-state index in [1.54, 1.807) is 28.9 Å². The number of aryl methyl sites for hydroxylation is 1. The molecule has 0 aliphatic carbocycles. The maximum Gasteiger partial charge on any atom is 0.239 e. The summed E-state index contributed by atoms with van der Waals surface area (Å²) in [4.78, 5) is 26.9. The van der Waals surface area contributed by atoms with Gasteiger partial charge in [0.15, 0.2) is 0 Å². The lowest BCUT2D eigenvalue weighted by Gasteiger charge is -2.31. The van der Waals surface area contributed by atoms with Crippen molar-refractivity contribution in [3.8, 4) is 5.69 Å². The van der Waals surface area contributed by atoms with E-state index in [1.165, 1.54) is 18.2 Å². The number of nitrogens with one attached hydrogen (secondary N) is 2. The molecule has 2 atom stereocenters. The Balaban J connectivity index is 1.62. The molecular formula is C26H19Cl2FN4O2. The lowest BCUT2D eigenvalue weighted by molar-refractivity contribution is -0.130. The normalized spacial score (nSPS) is 17.0. The van der Waals surface area contributed by atoms with E-state index in [-0.39, 0.29) is 5.02 Å². The van der Waals surface area contributed by atoms with Crippen molar-refractivity contribution in [2.75, 3.05) is 10.6 Å². The fourth-order valence-electron chi connectivity index (χ4n) is 4.39. The third-order valence-electron chi connectivity index (χ3n) is 5.97. The van der Waals surface area contributed by atoms with Crippen LogP contribution in [-0.2, 0) is 9.59 Å². The molecule has 9 heteroatoms. The van der Waals surface area contributed by atoms with Crippen LogP contribution in [-0.4, -0.2) is 21.6 Å². The molecule has 0 saturated heterocycles. The van der Waals surface area contributed by atoms with Gasteiger partial charge in [0.05, 0.1) is 21.4 Å². The predicted molar refractivity (Wildman–Crippen MR) is 134 cm³/mol. The molecule has 0 saturated carbocycles. The number of fused-ring (bicyclic) bond motifs is 1. The summed E-state index contributed by atoms with van der Waals surface area (Å²) in [6.07, 6.45) is 0. The fraction of sp³-hybridized carbons (Fsp3) is 0.115. The Morgan fingerprint density at radius 1 is 1.03 bits per heavy atom. The summed E-state index contributed by atoms with van der Waals surface area (Å²) in [5, 5.41) is 10.9. The van der Waals surface area contributed by atoms with Crippen molar-refractivity contribution in [1.82, 2.24) is 9.78 Å². The lowest BCUT2D eigenvalue weighted by Crippen LogP contribution is -2.42. The van der Waals surface area contributed by atoms with Crippen LogP contribution in [0.15, 0.2) is 72.8 Å². The summed E-state index contributed by atoms with van der Waals surface area (Å²) in [6, 6.07) is 19.8. The minimum absolute atomic E-state index is 0.273. The van der Waals surface area contributed by atoms with Gasteiger partial charge < -0.3 is 10.6 Å². The summed E-state index contributed by atoms with van der Waals surface area (Å²) >= 11 is 12.1. The zero-order valence-corrected chi connectivity index (χ0v) is 19.9. The second-order valence-corrected chi connectivity index (χ2v) is 9.02. The summed E-state index contributed by atoms with van der Waals surface area (Å²) in [5.74, 6) is -2.81. The van der Waals surface area contributed by atoms with Crippen LogP contribution < -0.4 is 10.6 Å². The van der Waals surface area contributed by atoms with Crippen LogP contribution >= 0.6 is 23.2 Å². The summed E-state index contributed by atoms with van der Waals surface area (Å²) in [6.45, 7) is 1.82. The number of nitrogens with zero attached hydrogens (tertiary/aromatic N) is 2. The molecular weight excluding hydrogens is 490 g/mol. The molecule has 1 aromatic heterocycles. The first-order chi connectivity index (χ1) is 16.8. The average Bonchev–Trinajstić information content (AvgIpc) is 3.17. The van der Waals surface area contributed by atoms with E-state index < -0.39 is 29.5 Å². The molecule has 3 aromatic carbocycles. The van der Waals surface area contributed by atoms with Crippen LogP contribution in [0.1, 0.15) is 22.7 Å². The molecule has 35 heavy (non-hydrogen) atoms. The monoisotopic (exact) mass is 508 g/mol. The third-order valence-corrected chi connectivity index (χ3v) is 6.71. The highest BCUT2D eigenvalue weighted by Crippen LogP contribution is 2.44. The quantitative estimate of drug-likeness (QED) is 0.333. The first kappa shape index (κ1) is 23.1. The standard InChI is InChI=1S/C26H19Cl2FN4O2/c1-14-21-22(15-7-9-16(29)10-8-15)23(25(34)30-17-11-12-19(27)20(28)13-17)26(35)31-24(21)33(32-14)18-5-3-2-4-6-18/h2-13,22-23H,1H3,(H,30,34)(H,31,35)/t22-,23+/m0/s1. The molecule has 5 rings (SSSR count). The molecule has 4 aromatic rings. The van der Waals surface area contributed by atoms with E-state index in [9.17, 15) is 14.0 Å². The Bertz CT molecular complexity index is 1440. The highest BCUT2D eigenvalue weighted by Gasteiger charge is 2.44. The molecule has 1 aliphatic rings. The Morgan fingerprint density at radius 3 is 2.43 bits per heavy atom. The topological polar surface area (TPSA) is 76.0 Å². The van der Waals surface area contributed by atoms with Crippen LogP contribution in [0.25, 0.3) is 5.69 Å². The molecule has 2 amide bonds. The minimum atomic E-state index is -1.14. The highest BCUT2D eigenvalue weighted by molar-refractivity contribution is 6.42. The number of carbonyl (C=O) groups is 2. The Morgan fingerprint density at radius 2 is 1.74 bits per heavy atom. The van der Waals surface area contributed by atoms with Gasteiger partial charge in [0.25, 0.3) is 0 Å². The first-order valence-electron chi connectivity index (χ1n) is 10.8. The molecule has 1 aliphatic heterocycles. The van der Waals surface area contributed by atoms with Crippen molar-refractivity contribution in [3.63, 3.8) is 0 Å². The second-order valence-electron chi connectivity index (χ2n) is 8.21. The van der Waals surface area contributed by atoms with Gasteiger partial charge in [0.2, 0.25) is 11.8 Å². The van der Waals surface area contributed by atoms with Gasteiger partial charge in [0.1, 0.15) is 17.6 Å². The summed E-state index contributed by atoms with van der Waals surface area (Å²) in [5.41, 5.74) is 3.11. The number of rotatable bonds is 4. The number of carbonyl (C=O) groups excluding carboxylic acids is 2. The molecule has 2 heterocycles. The summed E-state index contributed by atoms with van der Waals surface area (Å²) < 4.78 is 15.4. The molecule has 0 bridgehead atoms. The average molecular weight is 509 g/mol. The van der Waals surface area contributed by atoms with Crippen molar-refractivity contribution in [2.45, 2.75) is 12.8 Å². The van der Waals surface area contributed by atoms with E-state index in [0.29, 0.717) is 33.3 Å². The van der Waals surface area contributed by atoms with Crippen LogP contribution in [0.4, 0.5) is 15.9 Å². The Kier molecular flexibility index (Phi) is 6.05. The van der Waals surface area contributed by atoms with E-state index in [2.05, 4.69) is 15.7 Å². The van der Waals surface area contributed by atoms with Crippen molar-refractivity contribution < 1.29 is 14.0 Å². The zero-order valence-electron chi connectivity index (χ0n) is 18.4. The number of para-hydroxylation sites is 1. The number of anilines is 2. The van der Waals surface area contributed by atoms with Gasteiger partial charge in [-0.15, -0.1) is 0 Å². The molecule has 0 spiro atoms. The lowest BCUT2D eigenvalue weighted by atomic mass is 9.77. The van der Waals surface area contributed by atoms with Crippen LogP contribution in [0.5, 0.6) is 0 Å². The molecule has 0 unspecified atom stereocenters. The van der Waals surface area contributed by atoms with Gasteiger partial charge in [-0.1, -0.05) is 53.5 Å². The summed E-state index contributed by atoms with van der Waals surface area (Å²) in [7, 11) is 0. The van der Waals surface area contributed by atoms with Crippen molar-refractivity contribution >= 4 is 46.5 Å². The number of benzene rings is 3. The number of halogens is 3. The Labute approximate surface area is 210 Å². The van der Waals surface area contributed by atoms with Crippen LogP contribution in [0, 0.1) is 18.7 Å². The predicted octanol–water partition coefficient (Wildman–Crippen LogP) is 5.97. The van der Waals surface area contributed by atoms with Gasteiger partial charge in [-0.2, -0.15) is 5.10 Å². The van der Waals surface area contributed by atoms with E-state index >= 15 is 0 Å². The highest BCUT2D eigenvalue weighted by atomic mass is 35.5. The van der Waals surface area contributed by atoms with E-state index in [1.807, 2.05) is 37.3 Å². The molecule has 176 valence electrons. The van der Waals surface area contributed by atoms with Crippen molar-refractivity contribution in [2.24, 2.45) is 5.92 Å². The maximum absolute atomic E-state index is 13.7. The van der Waals surface area contributed by atoms with Gasteiger partial charge in [0, 0.05) is 17.2 Å². The SMILES string of the molecule is Cc1nn(-c2ccccc2)c2c1[C@H](c1ccc(F)cc1)[C@H](C(=O)Nc1ccc(Cl)c(Cl)c1)C(=O)N2. The van der Waals surface area contributed by atoms with Gasteiger partial charge in [-0.05, 0) is 55.0 Å². The molecule has 0 radical (unpaired) electrons. The van der Waals surface area contributed by atoms with Gasteiger partial charge >= 0.3 is 0 Å². The smallest absolute Gasteiger partial charge is 0.239 e. The van der Waals surface area contributed by atoms with Crippen molar-refractivity contribution in [1.29, 1.82) is 0 Å². The first-order valence-corrected chi connectivity index (χ1v) is 11.6. The second kappa shape index (κ2) is 9.17. The maximum atomic E-state index is 13.7. The third kappa shape index (κ3) is 4.29. The molecule has 0 fully saturated rings. The number of hydrogen-bond acceptors (Lipinski definition) is 3. The minimum Gasteiger partial charge on any atom is -0.325 e. The number of amides is 2. The zero-order chi connectivity index (χ0) is 24.7. The molecule has 2 N–H and O–H groups in total. The van der Waals surface area contributed by atoms with E-state index in [0.717, 1.165) is 5.69 Å². The van der Waals surface area contributed by atoms with Crippen LogP contribution in [0.2, 0.25) is 10.0 Å². The van der Waals surface area contributed by atoms with Gasteiger partial charge in [-0.25, -0.2) is 9.07 Å². The Hall–Kier alpha value is -3.68. The van der Waals surface area contributed by atoms with Crippen LogP contribution in [0.3, 0.4) is 0 Å². The van der Waals surface area contributed by atoms with Gasteiger partial charge in [-0.3, -0.25) is 9.59 Å². The number of aromatic nitrogens is 2. The fourth-order valence-corrected chi connectivity index (χ4v) is 4.69. The number of hydrogen-bond donors (Lipinski definition) is 2. The largest absolute Gasteiger partial charge is 0.325 e. The van der Waals surface area contributed by atoms with Crippen molar-refractivity contribution in [3.05, 3.63) is 105 Å². The van der Waals surface area contributed by atoms with E-state index in [4.69, 9.17) is 23.2 Å².